The highest BCUT2D eigenvalue weighted by molar-refractivity contribution is 6.30. The number of hydrogen-bond acceptors (Lipinski definition) is 3. The third kappa shape index (κ3) is 5.66. The summed E-state index contributed by atoms with van der Waals surface area (Å²) in [7, 11) is 2.19. The first-order valence-electron chi connectivity index (χ1n) is 11.1. The molecular formula is C25H30ClN3O2. The average Bonchev–Trinajstić information content (AvgIpc) is 2.96. The van der Waals surface area contributed by atoms with E-state index in [0.717, 1.165) is 24.0 Å². The summed E-state index contributed by atoms with van der Waals surface area (Å²) in [5, 5.41) is 6.86. The summed E-state index contributed by atoms with van der Waals surface area (Å²) in [5.41, 5.74) is 1.89. The molecule has 0 spiro atoms. The minimum Gasteiger partial charge on any atom is -0.351 e. The highest BCUT2D eigenvalue weighted by Crippen LogP contribution is 2.34. The molecule has 4 rings (SSSR count). The van der Waals surface area contributed by atoms with Gasteiger partial charge in [0.05, 0.1) is 6.42 Å². The number of halogens is 1. The molecule has 2 fully saturated rings. The second-order valence-corrected chi connectivity index (χ2v) is 9.28. The smallest absolute Gasteiger partial charge is 0.243 e. The fourth-order valence-corrected chi connectivity index (χ4v) is 5.05. The van der Waals surface area contributed by atoms with Crippen LogP contribution in [0.2, 0.25) is 5.02 Å². The second-order valence-electron chi connectivity index (χ2n) is 8.84. The zero-order valence-corrected chi connectivity index (χ0v) is 18.6. The fraction of sp³-hybridized carbons (Fsp3) is 0.440. The summed E-state index contributed by atoms with van der Waals surface area (Å²) in [6, 6.07) is 17.7. The summed E-state index contributed by atoms with van der Waals surface area (Å²) in [5.74, 6) is -0.255. The Morgan fingerprint density at radius 3 is 2.29 bits per heavy atom. The van der Waals surface area contributed by atoms with Crippen LogP contribution in [0.15, 0.2) is 54.6 Å². The molecule has 2 unspecified atom stereocenters. The van der Waals surface area contributed by atoms with E-state index in [0.29, 0.717) is 23.5 Å². The lowest BCUT2D eigenvalue weighted by Crippen LogP contribution is -2.54. The van der Waals surface area contributed by atoms with E-state index in [1.165, 1.54) is 12.8 Å². The molecule has 0 radical (unpaired) electrons. The number of nitrogens with one attached hydrogen (secondary N) is 2. The van der Waals surface area contributed by atoms with E-state index in [1.54, 1.807) is 0 Å². The summed E-state index contributed by atoms with van der Waals surface area (Å²) < 4.78 is 0. The van der Waals surface area contributed by atoms with Gasteiger partial charge < -0.3 is 15.5 Å². The van der Waals surface area contributed by atoms with Crippen LogP contribution < -0.4 is 10.6 Å². The molecule has 2 amide bonds. The lowest BCUT2D eigenvalue weighted by molar-refractivity contribution is -0.129. The third-order valence-electron chi connectivity index (χ3n) is 6.66. The van der Waals surface area contributed by atoms with E-state index in [1.807, 2.05) is 54.6 Å². The topological polar surface area (TPSA) is 61.4 Å². The van der Waals surface area contributed by atoms with Crippen molar-refractivity contribution in [1.82, 2.24) is 15.5 Å². The standard InChI is InChI=1S/C25H30ClN3O2/c1-29-21-11-12-22(29)16-20(15-21)27-25(31)23(13-18-7-9-19(26)10-8-18)28-24(30)14-17-5-3-2-4-6-17/h2-10,20-23H,11-16H2,1H3,(H,27,31)(H,28,30)/t20?,21-,22+,23?. The number of benzene rings is 2. The van der Waals surface area contributed by atoms with E-state index in [2.05, 4.69) is 22.6 Å². The Kier molecular flexibility index (Phi) is 6.93. The maximum absolute atomic E-state index is 13.2. The first-order chi connectivity index (χ1) is 15.0. The average molecular weight is 440 g/mol. The van der Waals surface area contributed by atoms with Gasteiger partial charge in [0.1, 0.15) is 6.04 Å². The van der Waals surface area contributed by atoms with Gasteiger partial charge in [0.15, 0.2) is 0 Å². The molecular weight excluding hydrogens is 410 g/mol. The molecule has 5 nitrogen and oxygen atoms in total. The number of piperidine rings is 1. The quantitative estimate of drug-likeness (QED) is 0.695. The highest BCUT2D eigenvalue weighted by Gasteiger charge is 2.39. The summed E-state index contributed by atoms with van der Waals surface area (Å²) in [6.45, 7) is 0. The van der Waals surface area contributed by atoms with Crippen molar-refractivity contribution in [2.45, 2.75) is 62.7 Å². The van der Waals surface area contributed by atoms with Crippen molar-refractivity contribution in [3.8, 4) is 0 Å². The molecule has 2 aromatic rings. The number of amides is 2. The van der Waals surface area contributed by atoms with Crippen LogP contribution in [0.25, 0.3) is 0 Å². The van der Waals surface area contributed by atoms with Crippen molar-refractivity contribution in [2.24, 2.45) is 0 Å². The third-order valence-corrected chi connectivity index (χ3v) is 6.91. The van der Waals surface area contributed by atoms with Gasteiger partial charge in [0.25, 0.3) is 0 Å². The summed E-state index contributed by atoms with van der Waals surface area (Å²) in [6.07, 6.45) is 5.05. The van der Waals surface area contributed by atoms with Gasteiger partial charge in [0, 0.05) is 29.6 Å². The van der Waals surface area contributed by atoms with Gasteiger partial charge in [-0.1, -0.05) is 54.1 Å². The van der Waals surface area contributed by atoms with Crippen LogP contribution >= 0.6 is 11.6 Å². The Morgan fingerprint density at radius 1 is 1.00 bits per heavy atom. The maximum Gasteiger partial charge on any atom is 0.243 e. The minimum atomic E-state index is -0.616. The second kappa shape index (κ2) is 9.84. The number of hydrogen-bond donors (Lipinski definition) is 2. The summed E-state index contributed by atoms with van der Waals surface area (Å²) in [4.78, 5) is 28.4. The molecule has 2 aliphatic rings. The van der Waals surface area contributed by atoms with Crippen LogP contribution in [0, 0.1) is 0 Å². The first kappa shape index (κ1) is 21.8. The normalized spacial score (nSPS) is 23.9. The Hall–Kier alpha value is -2.37. The molecule has 2 saturated heterocycles. The SMILES string of the molecule is CN1[C@@H]2CC[C@H]1CC(NC(=O)C(Cc1ccc(Cl)cc1)NC(=O)Cc1ccccc1)C2. The summed E-state index contributed by atoms with van der Waals surface area (Å²) >= 11 is 6.01. The first-order valence-corrected chi connectivity index (χ1v) is 11.5. The number of carbonyl (C=O) groups excluding carboxylic acids is 2. The maximum atomic E-state index is 13.2. The molecule has 4 atom stereocenters. The van der Waals surface area contributed by atoms with Crippen molar-refractivity contribution in [1.29, 1.82) is 0 Å². The van der Waals surface area contributed by atoms with E-state index in [9.17, 15) is 9.59 Å². The van der Waals surface area contributed by atoms with Gasteiger partial charge >= 0.3 is 0 Å². The Morgan fingerprint density at radius 2 is 1.65 bits per heavy atom. The number of nitrogens with zero attached hydrogens (tertiary/aromatic N) is 1. The van der Waals surface area contributed by atoms with Gasteiger partial charge in [-0.2, -0.15) is 0 Å². The van der Waals surface area contributed by atoms with E-state index < -0.39 is 6.04 Å². The molecule has 164 valence electrons. The predicted molar refractivity (Wildman–Crippen MR) is 123 cm³/mol. The Bertz CT molecular complexity index is 889. The van der Waals surface area contributed by atoms with Crippen LogP contribution in [0.1, 0.15) is 36.8 Å². The van der Waals surface area contributed by atoms with Crippen LogP contribution in [-0.4, -0.2) is 47.9 Å². The van der Waals surface area contributed by atoms with Crippen LogP contribution in [0.3, 0.4) is 0 Å². The zero-order valence-electron chi connectivity index (χ0n) is 17.9. The van der Waals surface area contributed by atoms with Crippen molar-refractivity contribution in [3.63, 3.8) is 0 Å². The molecule has 0 saturated carbocycles. The van der Waals surface area contributed by atoms with Crippen molar-refractivity contribution < 1.29 is 9.59 Å². The van der Waals surface area contributed by atoms with E-state index in [-0.39, 0.29) is 24.3 Å². The van der Waals surface area contributed by atoms with Crippen LogP contribution in [-0.2, 0) is 22.4 Å². The van der Waals surface area contributed by atoms with Gasteiger partial charge in [-0.15, -0.1) is 0 Å². The van der Waals surface area contributed by atoms with Crippen LogP contribution in [0.4, 0.5) is 0 Å². The van der Waals surface area contributed by atoms with Gasteiger partial charge in [0.2, 0.25) is 11.8 Å². The molecule has 2 bridgehead atoms. The van der Waals surface area contributed by atoms with Gasteiger partial charge in [-0.3, -0.25) is 9.59 Å². The van der Waals surface area contributed by atoms with Crippen LogP contribution in [0.5, 0.6) is 0 Å². The predicted octanol–water partition coefficient (Wildman–Crippen LogP) is 3.35. The molecule has 2 aliphatic heterocycles. The highest BCUT2D eigenvalue weighted by atomic mass is 35.5. The van der Waals surface area contributed by atoms with Gasteiger partial charge in [-0.25, -0.2) is 0 Å². The van der Waals surface area contributed by atoms with Gasteiger partial charge in [-0.05, 0) is 56.0 Å². The Labute approximate surface area is 189 Å². The largest absolute Gasteiger partial charge is 0.351 e. The molecule has 2 heterocycles. The minimum absolute atomic E-state index is 0.106. The molecule has 2 aromatic carbocycles. The van der Waals surface area contributed by atoms with E-state index >= 15 is 0 Å². The number of rotatable bonds is 7. The Balaban J connectivity index is 1.42. The zero-order chi connectivity index (χ0) is 21.8. The molecule has 31 heavy (non-hydrogen) atoms. The molecule has 0 aliphatic carbocycles. The number of fused-ring (bicyclic) bond motifs is 2. The lowest BCUT2D eigenvalue weighted by atomic mass is 9.97. The monoisotopic (exact) mass is 439 g/mol. The van der Waals surface area contributed by atoms with Crippen molar-refractivity contribution in [3.05, 3.63) is 70.7 Å². The molecule has 0 aromatic heterocycles. The number of carbonyl (C=O) groups is 2. The van der Waals surface area contributed by atoms with E-state index in [4.69, 9.17) is 11.6 Å². The van der Waals surface area contributed by atoms with Crippen molar-refractivity contribution >= 4 is 23.4 Å². The molecule has 6 heteroatoms. The molecule has 2 N–H and O–H groups in total. The fourth-order valence-electron chi connectivity index (χ4n) is 4.92. The lowest BCUT2D eigenvalue weighted by Gasteiger charge is -2.37. The van der Waals surface area contributed by atoms with Crippen molar-refractivity contribution in [2.75, 3.05) is 7.05 Å².